The molecule has 20 heavy (non-hydrogen) atoms. The Labute approximate surface area is 122 Å². The van der Waals surface area contributed by atoms with Crippen molar-refractivity contribution >= 4 is 17.6 Å². The van der Waals surface area contributed by atoms with Gasteiger partial charge in [-0.25, -0.2) is 4.79 Å². The quantitative estimate of drug-likeness (QED) is 0.878. The molecule has 0 bridgehead atoms. The Balaban J connectivity index is 2.07. The molecule has 2 aromatic rings. The molecular weight excluding hydrogens is 276 g/mol. The first kappa shape index (κ1) is 14.6. The fourth-order valence-electron chi connectivity index (χ4n) is 1.92. The zero-order valence-electron chi connectivity index (χ0n) is 11.0. The first-order chi connectivity index (χ1) is 9.60. The number of carbonyl (C=O) groups is 1. The highest BCUT2D eigenvalue weighted by atomic mass is 35.5. The summed E-state index contributed by atoms with van der Waals surface area (Å²) in [5.41, 5.74) is 2.22. The molecule has 0 aliphatic carbocycles. The van der Waals surface area contributed by atoms with E-state index in [9.17, 15) is 9.90 Å². The zero-order valence-corrected chi connectivity index (χ0v) is 11.8. The summed E-state index contributed by atoms with van der Waals surface area (Å²) in [5.74, 6) is -0.385. The van der Waals surface area contributed by atoms with Crippen molar-refractivity contribution in [3.63, 3.8) is 0 Å². The van der Waals surface area contributed by atoms with Gasteiger partial charge in [-0.05, 0) is 35.4 Å². The van der Waals surface area contributed by atoms with Crippen molar-refractivity contribution in [3.05, 3.63) is 70.2 Å². The molecule has 0 saturated carbocycles. The minimum absolute atomic E-state index is 0.385. The lowest BCUT2D eigenvalue weighted by Crippen LogP contribution is -2.04. The summed E-state index contributed by atoms with van der Waals surface area (Å²) < 4.78 is 4.63. The summed E-state index contributed by atoms with van der Waals surface area (Å²) in [6, 6.07) is 14.1. The predicted molar refractivity (Wildman–Crippen MR) is 77.9 cm³/mol. The molecular formula is C16H15ClO3. The molecule has 0 saturated heterocycles. The van der Waals surface area contributed by atoms with Crippen LogP contribution in [0.3, 0.4) is 0 Å². The van der Waals surface area contributed by atoms with E-state index in [-0.39, 0.29) is 5.97 Å². The van der Waals surface area contributed by atoms with Crippen LogP contribution >= 0.6 is 11.6 Å². The number of aliphatic hydroxyl groups excluding tert-OH is 1. The molecule has 0 spiro atoms. The molecule has 0 heterocycles. The van der Waals surface area contributed by atoms with Crippen LogP contribution in [0, 0.1) is 0 Å². The van der Waals surface area contributed by atoms with Crippen molar-refractivity contribution < 1.29 is 14.6 Å². The monoisotopic (exact) mass is 290 g/mol. The summed E-state index contributed by atoms with van der Waals surface area (Å²) in [5, 5.41) is 10.9. The lowest BCUT2D eigenvalue weighted by Gasteiger charge is -2.11. The van der Waals surface area contributed by atoms with Crippen LogP contribution in [0.1, 0.15) is 27.6 Å². The van der Waals surface area contributed by atoms with Crippen molar-refractivity contribution in [2.24, 2.45) is 0 Å². The molecule has 3 nitrogen and oxygen atoms in total. The number of benzene rings is 2. The van der Waals surface area contributed by atoms with Crippen LogP contribution in [0.5, 0.6) is 0 Å². The number of hydrogen-bond acceptors (Lipinski definition) is 3. The van der Waals surface area contributed by atoms with Crippen molar-refractivity contribution in [2.45, 2.75) is 12.5 Å². The van der Waals surface area contributed by atoms with Gasteiger partial charge in [0, 0.05) is 11.4 Å². The molecule has 104 valence electrons. The SMILES string of the molecule is COC(=O)c1ccc(C(O)Cc2ccc(Cl)cc2)cc1. The number of aliphatic hydroxyl groups is 1. The highest BCUT2D eigenvalue weighted by Gasteiger charge is 2.10. The van der Waals surface area contributed by atoms with E-state index >= 15 is 0 Å². The number of rotatable bonds is 4. The van der Waals surface area contributed by atoms with Gasteiger partial charge in [0.1, 0.15) is 0 Å². The Hall–Kier alpha value is -1.84. The molecule has 0 aliphatic rings. The van der Waals surface area contributed by atoms with Gasteiger partial charge in [0.2, 0.25) is 0 Å². The van der Waals surface area contributed by atoms with E-state index in [4.69, 9.17) is 11.6 Å². The summed E-state index contributed by atoms with van der Waals surface area (Å²) in [4.78, 5) is 11.3. The van der Waals surface area contributed by atoms with E-state index < -0.39 is 6.10 Å². The Morgan fingerprint density at radius 3 is 2.30 bits per heavy atom. The van der Waals surface area contributed by atoms with Crippen LogP contribution in [0.25, 0.3) is 0 Å². The molecule has 0 aromatic heterocycles. The van der Waals surface area contributed by atoms with Gasteiger partial charge in [0.25, 0.3) is 0 Å². The van der Waals surface area contributed by atoms with Gasteiger partial charge in [0.05, 0.1) is 18.8 Å². The summed E-state index contributed by atoms with van der Waals surface area (Å²) >= 11 is 5.82. The first-order valence-electron chi connectivity index (χ1n) is 6.21. The average Bonchev–Trinajstić information content (AvgIpc) is 2.49. The molecule has 4 heteroatoms. The van der Waals surface area contributed by atoms with Gasteiger partial charge in [-0.1, -0.05) is 35.9 Å². The number of methoxy groups -OCH3 is 1. The van der Waals surface area contributed by atoms with E-state index in [1.807, 2.05) is 12.1 Å². The molecule has 1 atom stereocenters. The normalized spacial score (nSPS) is 11.9. The minimum Gasteiger partial charge on any atom is -0.465 e. The van der Waals surface area contributed by atoms with Crippen LogP contribution in [0.15, 0.2) is 48.5 Å². The highest BCUT2D eigenvalue weighted by molar-refractivity contribution is 6.30. The fraction of sp³-hybridized carbons (Fsp3) is 0.188. The lowest BCUT2D eigenvalue weighted by molar-refractivity contribution is 0.0600. The number of esters is 1. The Morgan fingerprint density at radius 2 is 1.75 bits per heavy atom. The zero-order chi connectivity index (χ0) is 14.5. The average molecular weight is 291 g/mol. The van der Waals surface area contributed by atoms with E-state index in [1.165, 1.54) is 7.11 Å². The molecule has 0 fully saturated rings. The van der Waals surface area contributed by atoms with Gasteiger partial charge < -0.3 is 9.84 Å². The fourth-order valence-corrected chi connectivity index (χ4v) is 2.05. The van der Waals surface area contributed by atoms with Crippen molar-refractivity contribution in [1.29, 1.82) is 0 Å². The predicted octanol–water partition coefficient (Wildman–Crippen LogP) is 3.40. The first-order valence-corrected chi connectivity index (χ1v) is 6.58. The smallest absolute Gasteiger partial charge is 0.337 e. The second-order valence-corrected chi connectivity index (χ2v) is 4.90. The Morgan fingerprint density at radius 1 is 1.15 bits per heavy atom. The summed E-state index contributed by atoms with van der Waals surface area (Å²) in [6.07, 6.45) is -0.128. The maximum atomic E-state index is 11.3. The largest absolute Gasteiger partial charge is 0.465 e. The number of ether oxygens (including phenoxy) is 1. The molecule has 1 unspecified atom stereocenters. The number of halogens is 1. The maximum absolute atomic E-state index is 11.3. The van der Waals surface area contributed by atoms with E-state index in [2.05, 4.69) is 4.74 Å². The van der Waals surface area contributed by atoms with Crippen molar-refractivity contribution in [2.75, 3.05) is 7.11 Å². The van der Waals surface area contributed by atoms with Crippen LogP contribution in [-0.4, -0.2) is 18.2 Å². The van der Waals surface area contributed by atoms with Crippen molar-refractivity contribution in [3.8, 4) is 0 Å². The van der Waals surface area contributed by atoms with Crippen molar-refractivity contribution in [1.82, 2.24) is 0 Å². The molecule has 2 aromatic carbocycles. The standard InChI is InChI=1S/C16H15ClO3/c1-20-16(19)13-6-4-12(5-7-13)15(18)10-11-2-8-14(17)9-3-11/h2-9,15,18H,10H2,1H3. The van der Waals surface area contributed by atoms with Crippen LogP contribution in [-0.2, 0) is 11.2 Å². The van der Waals surface area contributed by atoms with Gasteiger partial charge >= 0.3 is 5.97 Å². The van der Waals surface area contributed by atoms with Crippen LogP contribution in [0.2, 0.25) is 5.02 Å². The lowest BCUT2D eigenvalue weighted by atomic mass is 10.0. The van der Waals surface area contributed by atoms with Gasteiger partial charge in [-0.15, -0.1) is 0 Å². The molecule has 0 radical (unpaired) electrons. The van der Waals surface area contributed by atoms with E-state index in [1.54, 1.807) is 36.4 Å². The molecule has 0 aliphatic heterocycles. The minimum atomic E-state index is -0.622. The molecule has 2 rings (SSSR count). The molecule has 0 amide bonds. The van der Waals surface area contributed by atoms with Gasteiger partial charge in [-0.3, -0.25) is 0 Å². The van der Waals surface area contributed by atoms with E-state index in [0.29, 0.717) is 17.0 Å². The number of hydrogen-bond donors (Lipinski definition) is 1. The van der Waals surface area contributed by atoms with Crippen LogP contribution in [0.4, 0.5) is 0 Å². The topological polar surface area (TPSA) is 46.5 Å². The third-order valence-corrected chi connectivity index (χ3v) is 3.31. The third kappa shape index (κ3) is 3.59. The number of carbonyl (C=O) groups excluding carboxylic acids is 1. The Kier molecular flexibility index (Phi) is 4.77. The van der Waals surface area contributed by atoms with Gasteiger partial charge in [-0.2, -0.15) is 0 Å². The summed E-state index contributed by atoms with van der Waals surface area (Å²) in [7, 11) is 1.34. The van der Waals surface area contributed by atoms with E-state index in [0.717, 1.165) is 11.1 Å². The second kappa shape index (κ2) is 6.55. The maximum Gasteiger partial charge on any atom is 0.337 e. The third-order valence-electron chi connectivity index (χ3n) is 3.06. The molecule has 1 N–H and O–H groups in total. The highest BCUT2D eigenvalue weighted by Crippen LogP contribution is 2.20. The Bertz CT molecular complexity index is 576. The van der Waals surface area contributed by atoms with Crippen LogP contribution < -0.4 is 0 Å². The van der Waals surface area contributed by atoms with Gasteiger partial charge in [0.15, 0.2) is 0 Å². The second-order valence-electron chi connectivity index (χ2n) is 4.46. The summed E-state index contributed by atoms with van der Waals surface area (Å²) in [6.45, 7) is 0.